The van der Waals surface area contributed by atoms with E-state index in [1.165, 1.54) is 12.8 Å². The molecule has 1 aliphatic rings. The summed E-state index contributed by atoms with van der Waals surface area (Å²) >= 11 is 0. The van der Waals surface area contributed by atoms with Gasteiger partial charge in [-0.25, -0.2) is 0 Å². The van der Waals surface area contributed by atoms with Crippen LogP contribution in [0, 0.1) is 5.92 Å². The van der Waals surface area contributed by atoms with Gasteiger partial charge in [0.1, 0.15) is 12.9 Å². The molecule has 0 aromatic heterocycles. The van der Waals surface area contributed by atoms with Crippen molar-refractivity contribution in [1.82, 2.24) is 4.90 Å². The van der Waals surface area contributed by atoms with Crippen molar-refractivity contribution in [2.75, 3.05) is 32.8 Å². The molecule has 0 N–H and O–H groups in total. The standard InChI is InChI=1S/C17H25NO3/c1-3-20-17-11-15(13-19)6-7-16(17)21-10-9-18-8-4-5-14(2)12-18/h6-7,11,13-14H,3-5,8-10,12H2,1-2H3/t14-/m0/s1. The summed E-state index contributed by atoms with van der Waals surface area (Å²) in [4.78, 5) is 13.3. The minimum absolute atomic E-state index is 0.558. The molecule has 0 bridgehead atoms. The molecule has 0 unspecified atom stereocenters. The number of benzene rings is 1. The lowest BCUT2D eigenvalue weighted by Crippen LogP contribution is -2.37. The zero-order valence-electron chi connectivity index (χ0n) is 13.0. The fraction of sp³-hybridized carbons (Fsp3) is 0.588. The van der Waals surface area contributed by atoms with Crippen molar-refractivity contribution < 1.29 is 14.3 Å². The third-order valence-corrected chi connectivity index (χ3v) is 3.81. The third kappa shape index (κ3) is 4.74. The van der Waals surface area contributed by atoms with Gasteiger partial charge in [0.15, 0.2) is 11.5 Å². The van der Waals surface area contributed by atoms with Crippen LogP contribution in [0.25, 0.3) is 0 Å². The molecule has 1 aliphatic heterocycles. The predicted molar refractivity (Wildman–Crippen MR) is 83.3 cm³/mol. The van der Waals surface area contributed by atoms with Crippen LogP contribution in [-0.4, -0.2) is 44.0 Å². The van der Waals surface area contributed by atoms with Gasteiger partial charge in [-0.15, -0.1) is 0 Å². The lowest BCUT2D eigenvalue weighted by atomic mass is 10.0. The zero-order chi connectivity index (χ0) is 15.1. The number of nitrogens with zero attached hydrogens (tertiary/aromatic N) is 1. The second-order valence-corrected chi connectivity index (χ2v) is 5.65. The summed E-state index contributed by atoms with van der Waals surface area (Å²) in [6.07, 6.45) is 3.43. The summed E-state index contributed by atoms with van der Waals surface area (Å²) in [5, 5.41) is 0. The Morgan fingerprint density at radius 3 is 2.90 bits per heavy atom. The van der Waals surface area contributed by atoms with E-state index in [4.69, 9.17) is 9.47 Å². The van der Waals surface area contributed by atoms with E-state index in [1.54, 1.807) is 12.1 Å². The van der Waals surface area contributed by atoms with Gasteiger partial charge in [0.25, 0.3) is 0 Å². The average Bonchev–Trinajstić information content (AvgIpc) is 2.49. The van der Waals surface area contributed by atoms with Gasteiger partial charge in [-0.1, -0.05) is 6.92 Å². The fourth-order valence-electron chi connectivity index (χ4n) is 2.76. The molecule has 2 rings (SSSR count). The van der Waals surface area contributed by atoms with E-state index < -0.39 is 0 Å². The Kier molecular flexibility index (Phi) is 6.05. The maximum absolute atomic E-state index is 10.8. The van der Waals surface area contributed by atoms with Crippen molar-refractivity contribution in [3.05, 3.63) is 23.8 Å². The number of aldehydes is 1. The summed E-state index contributed by atoms with van der Waals surface area (Å²) in [7, 11) is 0. The van der Waals surface area contributed by atoms with Gasteiger partial charge in [0.05, 0.1) is 6.61 Å². The topological polar surface area (TPSA) is 38.8 Å². The summed E-state index contributed by atoms with van der Waals surface area (Å²) in [5.41, 5.74) is 0.607. The molecule has 1 aromatic carbocycles. The quantitative estimate of drug-likeness (QED) is 0.724. The number of likely N-dealkylation sites (tertiary alicyclic amines) is 1. The van der Waals surface area contributed by atoms with Gasteiger partial charge in [0, 0.05) is 18.7 Å². The number of piperidine rings is 1. The molecule has 0 spiro atoms. The first-order valence-electron chi connectivity index (χ1n) is 7.80. The monoisotopic (exact) mass is 291 g/mol. The number of ether oxygens (including phenoxy) is 2. The number of hydrogen-bond donors (Lipinski definition) is 0. The maximum atomic E-state index is 10.8. The van der Waals surface area contributed by atoms with Gasteiger partial charge in [-0.3, -0.25) is 9.69 Å². The first kappa shape index (κ1) is 15.8. The highest BCUT2D eigenvalue weighted by Crippen LogP contribution is 2.28. The highest BCUT2D eigenvalue weighted by molar-refractivity contribution is 5.76. The Morgan fingerprint density at radius 1 is 1.33 bits per heavy atom. The van der Waals surface area contributed by atoms with Crippen molar-refractivity contribution >= 4 is 6.29 Å². The zero-order valence-corrected chi connectivity index (χ0v) is 13.0. The largest absolute Gasteiger partial charge is 0.490 e. The van der Waals surface area contributed by atoms with Crippen molar-refractivity contribution in [3.63, 3.8) is 0 Å². The van der Waals surface area contributed by atoms with E-state index in [2.05, 4.69) is 11.8 Å². The van der Waals surface area contributed by atoms with Crippen LogP contribution in [0.5, 0.6) is 11.5 Å². The van der Waals surface area contributed by atoms with Crippen molar-refractivity contribution in [2.24, 2.45) is 5.92 Å². The number of hydrogen-bond acceptors (Lipinski definition) is 4. The van der Waals surface area contributed by atoms with Crippen molar-refractivity contribution in [2.45, 2.75) is 26.7 Å². The molecule has 4 heteroatoms. The lowest BCUT2D eigenvalue weighted by Gasteiger charge is -2.30. The third-order valence-electron chi connectivity index (χ3n) is 3.81. The molecule has 116 valence electrons. The van der Waals surface area contributed by atoms with Crippen LogP contribution >= 0.6 is 0 Å². The van der Waals surface area contributed by atoms with Gasteiger partial charge < -0.3 is 9.47 Å². The lowest BCUT2D eigenvalue weighted by molar-refractivity contribution is 0.112. The minimum Gasteiger partial charge on any atom is -0.490 e. The molecule has 0 aliphatic carbocycles. The molecule has 0 radical (unpaired) electrons. The molecule has 1 fully saturated rings. The van der Waals surface area contributed by atoms with Crippen LogP contribution in [-0.2, 0) is 0 Å². The second kappa shape index (κ2) is 8.03. The SMILES string of the molecule is CCOc1cc(C=O)ccc1OCCN1CCC[C@H](C)C1. The van der Waals surface area contributed by atoms with Crippen molar-refractivity contribution in [3.8, 4) is 11.5 Å². The molecular formula is C17H25NO3. The Bertz CT molecular complexity index is 461. The molecule has 0 amide bonds. The summed E-state index contributed by atoms with van der Waals surface area (Å²) in [5.74, 6) is 2.14. The van der Waals surface area contributed by atoms with E-state index in [-0.39, 0.29) is 0 Å². The van der Waals surface area contributed by atoms with Gasteiger partial charge in [0.2, 0.25) is 0 Å². The predicted octanol–water partition coefficient (Wildman–Crippen LogP) is 3.01. The molecule has 1 saturated heterocycles. The number of carbonyl (C=O) groups excluding carboxylic acids is 1. The Labute approximate surface area is 127 Å². The summed E-state index contributed by atoms with van der Waals surface area (Å²) < 4.78 is 11.4. The van der Waals surface area contributed by atoms with Crippen molar-refractivity contribution in [1.29, 1.82) is 0 Å². The van der Waals surface area contributed by atoms with Crippen LogP contribution in [0.4, 0.5) is 0 Å². The van der Waals surface area contributed by atoms with E-state index in [1.807, 2.05) is 13.0 Å². The van der Waals surface area contributed by atoms with Crippen LogP contribution in [0.1, 0.15) is 37.0 Å². The van der Waals surface area contributed by atoms with E-state index in [0.29, 0.717) is 30.3 Å². The summed E-state index contributed by atoms with van der Waals surface area (Å²) in [6, 6.07) is 5.30. The average molecular weight is 291 g/mol. The molecule has 1 heterocycles. The molecule has 4 nitrogen and oxygen atoms in total. The van der Waals surface area contributed by atoms with E-state index in [0.717, 1.165) is 31.8 Å². The van der Waals surface area contributed by atoms with E-state index >= 15 is 0 Å². The second-order valence-electron chi connectivity index (χ2n) is 5.65. The normalized spacial score (nSPS) is 19.2. The minimum atomic E-state index is 0.558. The van der Waals surface area contributed by atoms with E-state index in [9.17, 15) is 4.79 Å². The fourth-order valence-corrected chi connectivity index (χ4v) is 2.76. The Hall–Kier alpha value is -1.55. The van der Waals surface area contributed by atoms with Gasteiger partial charge in [-0.2, -0.15) is 0 Å². The molecule has 1 atom stereocenters. The molecule has 1 aromatic rings. The van der Waals surface area contributed by atoms with Crippen LogP contribution < -0.4 is 9.47 Å². The first-order chi connectivity index (χ1) is 10.2. The molecule has 21 heavy (non-hydrogen) atoms. The highest BCUT2D eigenvalue weighted by atomic mass is 16.5. The Balaban J connectivity index is 1.88. The molecule has 0 saturated carbocycles. The van der Waals surface area contributed by atoms with Gasteiger partial charge in [-0.05, 0) is 50.4 Å². The van der Waals surface area contributed by atoms with Crippen LogP contribution in [0.2, 0.25) is 0 Å². The highest BCUT2D eigenvalue weighted by Gasteiger charge is 2.16. The number of rotatable bonds is 7. The number of carbonyl (C=O) groups is 1. The maximum Gasteiger partial charge on any atom is 0.161 e. The Morgan fingerprint density at radius 2 is 2.19 bits per heavy atom. The van der Waals surface area contributed by atoms with Gasteiger partial charge >= 0.3 is 0 Å². The smallest absolute Gasteiger partial charge is 0.161 e. The molecular weight excluding hydrogens is 266 g/mol. The first-order valence-corrected chi connectivity index (χ1v) is 7.80. The summed E-state index contributed by atoms with van der Waals surface area (Å²) in [6.45, 7) is 8.69. The van der Waals surface area contributed by atoms with Crippen LogP contribution in [0.3, 0.4) is 0 Å². The van der Waals surface area contributed by atoms with Crippen LogP contribution in [0.15, 0.2) is 18.2 Å².